The summed E-state index contributed by atoms with van der Waals surface area (Å²) in [6.07, 6.45) is 2.04. The summed E-state index contributed by atoms with van der Waals surface area (Å²) in [6.45, 7) is 0.933. The predicted octanol–water partition coefficient (Wildman–Crippen LogP) is 3.32. The van der Waals surface area contributed by atoms with Gasteiger partial charge in [0.25, 0.3) is 5.91 Å². The number of aryl methyl sites for hydroxylation is 1. The summed E-state index contributed by atoms with van der Waals surface area (Å²) in [4.78, 5) is 29.2. The third-order valence-electron chi connectivity index (χ3n) is 4.45. The minimum atomic E-state index is -0.446. The Bertz CT molecular complexity index is 1150. The summed E-state index contributed by atoms with van der Waals surface area (Å²) in [5.74, 6) is 1.47. The lowest BCUT2D eigenvalue weighted by Crippen LogP contribution is -2.18. The maximum Gasteiger partial charge on any atom is 0.337 e. The van der Waals surface area contributed by atoms with Gasteiger partial charge in [-0.3, -0.25) is 4.79 Å². The van der Waals surface area contributed by atoms with Gasteiger partial charge >= 0.3 is 5.97 Å². The van der Waals surface area contributed by atoms with E-state index in [4.69, 9.17) is 9.47 Å². The second kappa shape index (κ2) is 8.30. The first-order valence-electron chi connectivity index (χ1n) is 8.80. The predicted molar refractivity (Wildman–Crippen MR) is 112 cm³/mol. The van der Waals surface area contributed by atoms with Crippen LogP contribution in [-0.4, -0.2) is 42.4 Å². The van der Waals surface area contributed by atoms with Gasteiger partial charge in [0, 0.05) is 30.0 Å². The van der Waals surface area contributed by atoms with Crippen molar-refractivity contribution in [2.75, 3.05) is 25.9 Å². The largest absolute Gasteiger partial charge is 0.465 e. The van der Waals surface area contributed by atoms with Crippen LogP contribution in [0.1, 0.15) is 20.7 Å². The third kappa shape index (κ3) is 3.88. The molecule has 1 aromatic heterocycles. The zero-order valence-corrected chi connectivity index (χ0v) is 17.5. The van der Waals surface area contributed by atoms with Crippen LogP contribution in [-0.2, 0) is 11.3 Å². The maximum atomic E-state index is 12.7. The second-order valence-electron chi connectivity index (χ2n) is 6.19. The van der Waals surface area contributed by atoms with E-state index in [1.807, 2.05) is 23.0 Å². The Balaban J connectivity index is 1.74. The van der Waals surface area contributed by atoms with E-state index in [2.05, 4.69) is 9.73 Å². The summed E-state index contributed by atoms with van der Waals surface area (Å²) in [5.41, 5.74) is 1.75. The van der Waals surface area contributed by atoms with E-state index >= 15 is 0 Å². The quantitative estimate of drug-likeness (QED) is 0.578. The molecule has 0 spiro atoms. The number of carbonyl (C=O) groups excluding carboxylic acids is 2. The normalized spacial score (nSPS) is 13.1. The molecule has 1 amide bonds. The molecule has 0 fully saturated rings. The van der Waals surface area contributed by atoms with Gasteiger partial charge < -0.3 is 18.8 Å². The number of benzene rings is 2. The summed E-state index contributed by atoms with van der Waals surface area (Å²) >= 11 is 3.15. The first-order chi connectivity index (χ1) is 14.1. The van der Waals surface area contributed by atoms with Crippen LogP contribution >= 0.6 is 23.1 Å². The Labute approximate surface area is 174 Å². The number of rotatable bonds is 5. The molecule has 7 nitrogen and oxygen atoms in total. The average Bonchev–Trinajstić information content (AvgIpc) is 3.33. The van der Waals surface area contributed by atoms with Crippen LogP contribution in [0.2, 0.25) is 0 Å². The van der Waals surface area contributed by atoms with Crippen LogP contribution in [0.3, 0.4) is 0 Å². The molecule has 0 aliphatic carbocycles. The Hall–Kier alpha value is -2.78. The zero-order valence-electron chi connectivity index (χ0n) is 15.8. The van der Waals surface area contributed by atoms with Crippen molar-refractivity contribution in [1.29, 1.82) is 0 Å². The summed E-state index contributed by atoms with van der Waals surface area (Å²) in [7, 11) is 1.32. The van der Waals surface area contributed by atoms with Crippen molar-refractivity contribution in [3.05, 3.63) is 52.3 Å². The zero-order chi connectivity index (χ0) is 20.4. The lowest BCUT2D eigenvalue weighted by atomic mass is 10.1. The Morgan fingerprint density at radius 2 is 1.86 bits per heavy atom. The number of methoxy groups -OCH3 is 1. The van der Waals surface area contributed by atoms with E-state index < -0.39 is 5.97 Å². The van der Waals surface area contributed by atoms with Crippen molar-refractivity contribution in [3.8, 4) is 11.5 Å². The minimum absolute atomic E-state index is 0.217. The Kier molecular flexibility index (Phi) is 5.59. The molecule has 0 N–H and O–H groups in total. The second-order valence-corrected chi connectivity index (χ2v) is 8.18. The number of hydrogen-bond donors (Lipinski definition) is 0. The van der Waals surface area contributed by atoms with Crippen molar-refractivity contribution in [2.45, 2.75) is 6.54 Å². The van der Waals surface area contributed by atoms with Gasteiger partial charge in [0.05, 0.1) is 22.9 Å². The van der Waals surface area contributed by atoms with E-state index in [0.29, 0.717) is 34.0 Å². The van der Waals surface area contributed by atoms with Crippen molar-refractivity contribution in [1.82, 2.24) is 4.57 Å². The van der Waals surface area contributed by atoms with E-state index in [-0.39, 0.29) is 12.7 Å². The molecule has 1 aliphatic heterocycles. The highest BCUT2D eigenvalue weighted by Crippen LogP contribution is 2.37. The monoisotopic (exact) mass is 430 g/mol. The fourth-order valence-electron chi connectivity index (χ4n) is 2.96. The smallest absolute Gasteiger partial charge is 0.337 e. The molecule has 4 rings (SSSR count). The Morgan fingerprint density at radius 3 is 2.55 bits per heavy atom. The highest BCUT2D eigenvalue weighted by molar-refractivity contribution is 7.98. The summed E-state index contributed by atoms with van der Waals surface area (Å²) in [6, 6.07) is 10.1. The first kappa shape index (κ1) is 19.5. The molecule has 3 aromatic rings. The number of thioether (sulfide) groups is 1. The standard InChI is InChI=1S/C20H18N2O5S2/c1-25-19(24)13-5-3-12(4-6-13)18(23)21-20-22(7-8-28-2)14-9-15-16(27-11-26-15)10-17(14)29-20/h3-6,9-10H,7-8,11H2,1-2H3. The van der Waals surface area contributed by atoms with E-state index in [0.717, 1.165) is 16.0 Å². The molecular formula is C20H18N2O5S2. The average molecular weight is 431 g/mol. The Morgan fingerprint density at radius 1 is 1.17 bits per heavy atom. The molecule has 29 heavy (non-hydrogen) atoms. The fraction of sp³-hybridized carbons (Fsp3) is 0.250. The number of amides is 1. The molecule has 1 aliphatic rings. The van der Waals surface area contributed by atoms with Gasteiger partial charge in [-0.1, -0.05) is 11.3 Å². The molecule has 0 saturated carbocycles. The summed E-state index contributed by atoms with van der Waals surface area (Å²) in [5, 5.41) is 0. The van der Waals surface area contributed by atoms with Crippen LogP contribution in [0.25, 0.3) is 10.2 Å². The van der Waals surface area contributed by atoms with E-state index in [9.17, 15) is 9.59 Å². The van der Waals surface area contributed by atoms with Gasteiger partial charge in [-0.15, -0.1) is 0 Å². The maximum absolute atomic E-state index is 12.7. The molecule has 0 bridgehead atoms. The molecule has 9 heteroatoms. The number of hydrogen-bond acceptors (Lipinski definition) is 7. The molecule has 0 saturated heterocycles. The number of carbonyl (C=O) groups is 2. The van der Waals surface area contributed by atoms with Crippen LogP contribution in [0.5, 0.6) is 11.5 Å². The first-order valence-corrected chi connectivity index (χ1v) is 11.0. The van der Waals surface area contributed by atoms with Crippen molar-refractivity contribution >= 4 is 45.2 Å². The number of thiazole rings is 1. The van der Waals surface area contributed by atoms with Crippen LogP contribution in [0, 0.1) is 0 Å². The number of esters is 1. The van der Waals surface area contributed by atoms with Gasteiger partial charge in [-0.05, 0) is 30.5 Å². The third-order valence-corrected chi connectivity index (χ3v) is 6.08. The summed E-state index contributed by atoms with van der Waals surface area (Å²) < 4.78 is 18.6. The van der Waals surface area contributed by atoms with Gasteiger partial charge in [0.1, 0.15) is 0 Å². The lowest BCUT2D eigenvalue weighted by molar-refractivity contribution is 0.0600. The number of aromatic nitrogens is 1. The van der Waals surface area contributed by atoms with Crippen LogP contribution in [0.4, 0.5) is 0 Å². The van der Waals surface area contributed by atoms with Crippen molar-refractivity contribution < 1.29 is 23.8 Å². The molecule has 2 aromatic carbocycles. The fourth-order valence-corrected chi connectivity index (χ4v) is 4.39. The molecule has 0 unspecified atom stereocenters. The van der Waals surface area contributed by atoms with E-state index in [1.54, 1.807) is 36.0 Å². The minimum Gasteiger partial charge on any atom is -0.465 e. The number of ether oxygens (including phenoxy) is 3. The SMILES string of the molecule is COC(=O)c1ccc(C(=O)N=c2sc3cc4c(cc3n2CCSC)OCO4)cc1. The number of nitrogens with zero attached hydrogens (tertiary/aromatic N) is 2. The lowest BCUT2D eigenvalue weighted by Gasteiger charge is -2.04. The molecule has 150 valence electrons. The van der Waals surface area contributed by atoms with E-state index in [1.165, 1.54) is 18.4 Å². The highest BCUT2D eigenvalue weighted by Gasteiger charge is 2.18. The van der Waals surface area contributed by atoms with Crippen LogP contribution < -0.4 is 14.3 Å². The van der Waals surface area contributed by atoms with Crippen molar-refractivity contribution in [2.24, 2.45) is 4.99 Å². The van der Waals surface area contributed by atoms with Crippen LogP contribution in [0.15, 0.2) is 41.4 Å². The molecule has 0 atom stereocenters. The number of fused-ring (bicyclic) bond motifs is 2. The highest BCUT2D eigenvalue weighted by atomic mass is 32.2. The van der Waals surface area contributed by atoms with Gasteiger partial charge in [0.2, 0.25) is 6.79 Å². The van der Waals surface area contributed by atoms with Gasteiger partial charge in [-0.25, -0.2) is 4.79 Å². The topological polar surface area (TPSA) is 79.1 Å². The molecule has 0 radical (unpaired) electrons. The molecule has 2 heterocycles. The van der Waals surface area contributed by atoms with Gasteiger partial charge in [-0.2, -0.15) is 16.8 Å². The molecular weight excluding hydrogens is 412 g/mol. The van der Waals surface area contributed by atoms with Crippen molar-refractivity contribution in [3.63, 3.8) is 0 Å². The van der Waals surface area contributed by atoms with Gasteiger partial charge in [0.15, 0.2) is 16.3 Å².